The fourth-order valence-electron chi connectivity index (χ4n) is 1.96. The summed E-state index contributed by atoms with van der Waals surface area (Å²) in [5.41, 5.74) is 4.67. The van der Waals surface area contributed by atoms with Gasteiger partial charge in [-0.1, -0.05) is 23.7 Å². The lowest BCUT2D eigenvalue weighted by molar-refractivity contribution is 0.572. The molecule has 2 aromatic rings. The molecule has 0 aliphatic carbocycles. The summed E-state index contributed by atoms with van der Waals surface area (Å²) in [6.45, 7) is 7.03. The molecule has 0 radical (unpaired) electrons. The molecule has 0 saturated heterocycles. The topological polar surface area (TPSA) is 40.7 Å². The SMILES string of the molecule is Cc1n[nH]c(C)c1CN[C@@H](C)c1ccc(Cl)cc1. The van der Waals surface area contributed by atoms with Crippen LogP contribution in [0.4, 0.5) is 0 Å². The van der Waals surface area contributed by atoms with Gasteiger partial charge in [0, 0.05) is 28.9 Å². The highest BCUT2D eigenvalue weighted by atomic mass is 35.5. The van der Waals surface area contributed by atoms with Crippen LogP contribution >= 0.6 is 11.6 Å². The maximum atomic E-state index is 5.88. The number of hydrogen-bond donors (Lipinski definition) is 2. The zero-order chi connectivity index (χ0) is 13.1. The van der Waals surface area contributed by atoms with Crippen LogP contribution in [0.2, 0.25) is 5.02 Å². The number of H-pyrrole nitrogens is 1. The van der Waals surface area contributed by atoms with Crippen LogP contribution in [0.3, 0.4) is 0 Å². The number of aromatic nitrogens is 2. The molecule has 0 aliphatic heterocycles. The van der Waals surface area contributed by atoms with Gasteiger partial charge in [-0.05, 0) is 38.5 Å². The van der Waals surface area contributed by atoms with E-state index in [1.807, 2.05) is 26.0 Å². The largest absolute Gasteiger partial charge is 0.306 e. The number of nitrogens with zero attached hydrogens (tertiary/aromatic N) is 1. The molecule has 1 aromatic heterocycles. The fraction of sp³-hybridized carbons (Fsp3) is 0.357. The second-order valence-electron chi connectivity index (χ2n) is 4.57. The summed E-state index contributed by atoms with van der Waals surface area (Å²) < 4.78 is 0. The predicted molar refractivity (Wildman–Crippen MR) is 74.8 cm³/mol. The van der Waals surface area contributed by atoms with E-state index in [4.69, 9.17) is 11.6 Å². The van der Waals surface area contributed by atoms with E-state index in [1.54, 1.807) is 0 Å². The minimum atomic E-state index is 0.288. The fourth-order valence-corrected chi connectivity index (χ4v) is 2.08. The van der Waals surface area contributed by atoms with E-state index in [0.29, 0.717) is 0 Å². The van der Waals surface area contributed by atoms with Gasteiger partial charge in [0.05, 0.1) is 5.69 Å². The highest BCUT2D eigenvalue weighted by Gasteiger charge is 2.09. The molecule has 0 aliphatic rings. The van der Waals surface area contributed by atoms with Crippen molar-refractivity contribution in [1.82, 2.24) is 15.5 Å². The van der Waals surface area contributed by atoms with Gasteiger partial charge in [0.25, 0.3) is 0 Å². The summed E-state index contributed by atoms with van der Waals surface area (Å²) in [6, 6.07) is 8.23. The molecule has 0 bridgehead atoms. The summed E-state index contributed by atoms with van der Waals surface area (Å²) in [6.07, 6.45) is 0. The van der Waals surface area contributed by atoms with Crippen LogP contribution in [0.15, 0.2) is 24.3 Å². The van der Waals surface area contributed by atoms with Gasteiger partial charge in [-0.15, -0.1) is 0 Å². The Morgan fingerprint density at radius 1 is 1.28 bits per heavy atom. The van der Waals surface area contributed by atoms with Crippen LogP contribution in [-0.4, -0.2) is 10.2 Å². The van der Waals surface area contributed by atoms with Gasteiger partial charge in [-0.3, -0.25) is 5.10 Å². The van der Waals surface area contributed by atoms with Gasteiger partial charge in [0.2, 0.25) is 0 Å². The van der Waals surface area contributed by atoms with Gasteiger partial charge >= 0.3 is 0 Å². The minimum Gasteiger partial charge on any atom is -0.306 e. The summed E-state index contributed by atoms with van der Waals surface area (Å²) >= 11 is 5.88. The molecule has 2 rings (SSSR count). The number of aromatic amines is 1. The van der Waals surface area contributed by atoms with Crippen molar-refractivity contribution >= 4 is 11.6 Å². The van der Waals surface area contributed by atoms with Crippen LogP contribution in [-0.2, 0) is 6.54 Å². The molecule has 3 nitrogen and oxygen atoms in total. The van der Waals surface area contributed by atoms with Gasteiger partial charge in [-0.25, -0.2) is 0 Å². The number of rotatable bonds is 4. The van der Waals surface area contributed by atoms with E-state index in [-0.39, 0.29) is 6.04 Å². The molecule has 1 aromatic carbocycles. The highest BCUT2D eigenvalue weighted by Crippen LogP contribution is 2.17. The lowest BCUT2D eigenvalue weighted by Gasteiger charge is -2.14. The summed E-state index contributed by atoms with van der Waals surface area (Å²) in [5, 5.41) is 11.5. The molecular formula is C14H18ClN3. The Labute approximate surface area is 113 Å². The molecule has 18 heavy (non-hydrogen) atoms. The Hall–Kier alpha value is -1.32. The molecule has 0 spiro atoms. The number of nitrogens with one attached hydrogen (secondary N) is 2. The van der Waals surface area contributed by atoms with Crippen LogP contribution in [0.25, 0.3) is 0 Å². The van der Waals surface area contributed by atoms with E-state index >= 15 is 0 Å². The highest BCUT2D eigenvalue weighted by molar-refractivity contribution is 6.30. The normalized spacial score (nSPS) is 12.7. The zero-order valence-corrected chi connectivity index (χ0v) is 11.7. The Kier molecular flexibility index (Phi) is 4.04. The number of benzene rings is 1. The first kappa shape index (κ1) is 13.1. The molecule has 0 fully saturated rings. The zero-order valence-electron chi connectivity index (χ0n) is 10.9. The molecule has 0 unspecified atom stereocenters. The van der Waals surface area contributed by atoms with E-state index in [1.165, 1.54) is 11.1 Å². The quantitative estimate of drug-likeness (QED) is 0.886. The Morgan fingerprint density at radius 2 is 1.94 bits per heavy atom. The molecule has 1 heterocycles. The predicted octanol–water partition coefficient (Wildman–Crippen LogP) is 3.53. The van der Waals surface area contributed by atoms with Gasteiger partial charge in [0.15, 0.2) is 0 Å². The molecule has 2 N–H and O–H groups in total. The second kappa shape index (κ2) is 5.55. The molecule has 96 valence electrons. The van der Waals surface area contributed by atoms with E-state index in [9.17, 15) is 0 Å². The Balaban J connectivity index is 2.00. The lowest BCUT2D eigenvalue weighted by atomic mass is 10.1. The molecule has 1 atom stereocenters. The van der Waals surface area contributed by atoms with E-state index < -0.39 is 0 Å². The number of halogens is 1. The van der Waals surface area contributed by atoms with E-state index in [0.717, 1.165) is 23.0 Å². The van der Waals surface area contributed by atoms with Crippen molar-refractivity contribution in [2.75, 3.05) is 0 Å². The molecule has 0 amide bonds. The number of hydrogen-bond acceptors (Lipinski definition) is 2. The van der Waals surface area contributed by atoms with Crippen molar-refractivity contribution in [2.45, 2.75) is 33.4 Å². The average Bonchev–Trinajstić information content (AvgIpc) is 2.67. The van der Waals surface area contributed by atoms with Crippen LogP contribution in [0.1, 0.15) is 35.5 Å². The third-order valence-corrected chi connectivity index (χ3v) is 3.49. The standard InChI is InChI=1S/C14H18ClN3/c1-9(12-4-6-13(15)7-5-12)16-8-14-10(2)17-18-11(14)3/h4-7,9,16H,8H2,1-3H3,(H,17,18)/t9-/m0/s1. The second-order valence-corrected chi connectivity index (χ2v) is 5.00. The Bertz CT molecular complexity index is 497. The van der Waals surface area contributed by atoms with Gasteiger partial charge < -0.3 is 5.32 Å². The minimum absolute atomic E-state index is 0.288. The summed E-state index contributed by atoms with van der Waals surface area (Å²) in [4.78, 5) is 0. The Morgan fingerprint density at radius 3 is 2.50 bits per heavy atom. The van der Waals surface area contributed by atoms with Gasteiger partial charge in [-0.2, -0.15) is 5.10 Å². The maximum absolute atomic E-state index is 5.88. The average molecular weight is 264 g/mol. The van der Waals surface area contributed by atoms with Crippen LogP contribution < -0.4 is 5.32 Å². The van der Waals surface area contributed by atoms with Gasteiger partial charge in [0.1, 0.15) is 0 Å². The maximum Gasteiger partial charge on any atom is 0.0638 e. The van der Waals surface area contributed by atoms with Crippen LogP contribution in [0, 0.1) is 13.8 Å². The lowest BCUT2D eigenvalue weighted by Crippen LogP contribution is -2.18. The van der Waals surface area contributed by atoms with Crippen molar-refractivity contribution < 1.29 is 0 Å². The van der Waals surface area contributed by atoms with Crippen molar-refractivity contribution in [3.05, 3.63) is 51.8 Å². The van der Waals surface area contributed by atoms with Crippen molar-refractivity contribution in [2.24, 2.45) is 0 Å². The van der Waals surface area contributed by atoms with E-state index in [2.05, 4.69) is 34.6 Å². The summed E-state index contributed by atoms with van der Waals surface area (Å²) in [5.74, 6) is 0. The molecule has 0 saturated carbocycles. The van der Waals surface area contributed by atoms with Crippen LogP contribution in [0.5, 0.6) is 0 Å². The first-order valence-electron chi connectivity index (χ1n) is 6.07. The van der Waals surface area contributed by atoms with Crippen molar-refractivity contribution in [3.63, 3.8) is 0 Å². The monoisotopic (exact) mass is 263 g/mol. The molecular weight excluding hydrogens is 246 g/mol. The first-order chi connectivity index (χ1) is 8.58. The first-order valence-corrected chi connectivity index (χ1v) is 6.45. The third-order valence-electron chi connectivity index (χ3n) is 3.24. The van der Waals surface area contributed by atoms with Crippen molar-refractivity contribution in [1.29, 1.82) is 0 Å². The van der Waals surface area contributed by atoms with Crippen molar-refractivity contribution in [3.8, 4) is 0 Å². The molecule has 4 heteroatoms. The summed E-state index contributed by atoms with van der Waals surface area (Å²) in [7, 11) is 0. The number of aryl methyl sites for hydroxylation is 2. The smallest absolute Gasteiger partial charge is 0.0638 e. The third kappa shape index (κ3) is 2.92.